The van der Waals surface area contributed by atoms with Crippen molar-refractivity contribution >= 4 is 0 Å². The zero-order chi connectivity index (χ0) is 14.2. The molecule has 2 N–H and O–H groups in total. The van der Waals surface area contributed by atoms with Crippen molar-refractivity contribution in [1.82, 2.24) is 10.1 Å². The third-order valence-electron chi connectivity index (χ3n) is 4.28. The maximum absolute atomic E-state index is 13.2. The number of halogens is 1. The largest absolute Gasteiger partial charge is 0.338 e. The number of benzene rings is 1. The van der Waals surface area contributed by atoms with E-state index in [0.29, 0.717) is 17.3 Å². The summed E-state index contributed by atoms with van der Waals surface area (Å²) in [5, 5.41) is 3.97. The molecular weight excluding hydrogens is 257 g/mol. The van der Waals surface area contributed by atoms with Crippen molar-refractivity contribution in [2.75, 3.05) is 0 Å². The summed E-state index contributed by atoms with van der Waals surface area (Å²) in [6.45, 7) is 2.07. The topological polar surface area (TPSA) is 64.9 Å². The molecule has 2 unspecified atom stereocenters. The number of rotatable bonds is 2. The third-order valence-corrected chi connectivity index (χ3v) is 4.28. The average molecular weight is 275 g/mol. The van der Waals surface area contributed by atoms with Crippen molar-refractivity contribution in [1.29, 1.82) is 0 Å². The highest BCUT2D eigenvalue weighted by Crippen LogP contribution is 2.38. The molecule has 0 aliphatic heterocycles. The molecule has 0 bridgehead atoms. The molecule has 1 fully saturated rings. The van der Waals surface area contributed by atoms with Crippen LogP contribution in [0.5, 0.6) is 0 Å². The van der Waals surface area contributed by atoms with Gasteiger partial charge in [0.15, 0.2) is 0 Å². The van der Waals surface area contributed by atoms with E-state index in [1.165, 1.54) is 12.1 Å². The molecule has 0 radical (unpaired) electrons. The van der Waals surface area contributed by atoms with Crippen LogP contribution in [-0.2, 0) is 5.41 Å². The van der Waals surface area contributed by atoms with E-state index in [1.807, 2.05) is 0 Å². The number of nitrogens with zero attached hydrogens (tertiary/aromatic N) is 2. The number of aromatic nitrogens is 2. The molecule has 1 aromatic carbocycles. The Balaban J connectivity index is 1.94. The molecule has 1 heterocycles. The van der Waals surface area contributed by atoms with Crippen LogP contribution in [0.2, 0.25) is 0 Å². The van der Waals surface area contributed by atoms with E-state index in [0.717, 1.165) is 25.7 Å². The van der Waals surface area contributed by atoms with Crippen molar-refractivity contribution in [2.24, 2.45) is 5.73 Å². The van der Waals surface area contributed by atoms with E-state index in [4.69, 9.17) is 10.3 Å². The number of nitrogens with two attached hydrogens (primary N) is 1. The molecule has 5 heteroatoms. The van der Waals surface area contributed by atoms with Crippen LogP contribution < -0.4 is 5.73 Å². The third kappa shape index (κ3) is 2.22. The highest BCUT2D eigenvalue weighted by atomic mass is 19.1. The fourth-order valence-corrected chi connectivity index (χ4v) is 2.83. The molecule has 1 saturated carbocycles. The van der Waals surface area contributed by atoms with Crippen LogP contribution in [-0.4, -0.2) is 16.2 Å². The zero-order valence-corrected chi connectivity index (χ0v) is 11.5. The maximum atomic E-state index is 13.2. The molecule has 20 heavy (non-hydrogen) atoms. The van der Waals surface area contributed by atoms with Crippen LogP contribution in [0.4, 0.5) is 4.39 Å². The van der Waals surface area contributed by atoms with Crippen LogP contribution in [0.15, 0.2) is 28.8 Å². The van der Waals surface area contributed by atoms with Crippen LogP contribution in [0, 0.1) is 5.82 Å². The summed E-state index contributed by atoms with van der Waals surface area (Å²) in [5.74, 6) is 0.664. The quantitative estimate of drug-likeness (QED) is 0.915. The Bertz CT molecular complexity index is 613. The number of hydrogen-bond donors (Lipinski definition) is 1. The van der Waals surface area contributed by atoms with Crippen molar-refractivity contribution in [3.05, 3.63) is 36.0 Å². The summed E-state index contributed by atoms with van der Waals surface area (Å²) in [5.41, 5.74) is 6.57. The van der Waals surface area contributed by atoms with Gasteiger partial charge in [-0.15, -0.1) is 0 Å². The Morgan fingerprint density at radius 3 is 3.00 bits per heavy atom. The molecule has 106 valence electrons. The molecule has 4 nitrogen and oxygen atoms in total. The van der Waals surface area contributed by atoms with E-state index in [2.05, 4.69) is 17.1 Å². The SMILES string of the molecule is CC1(c2nc(-c3cccc(F)c3)no2)CCCCC1N. The van der Waals surface area contributed by atoms with Gasteiger partial charge in [0.25, 0.3) is 0 Å². The molecular formula is C15H18FN3O. The Morgan fingerprint density at radius 1 is 1.40 bits per heavy atom. The van der Waals surface area contributed by atoms with Gasteiger partial charge in [0, 0.05) is 11.6 Å². The summed E-state index contributed by atoms with van der Waals surface area (Å²) < 4.78 is 18.7. The van der Waals surface area contributed by atoms with Gasteiger partial charge in [0.05, 0.1) is 5.41 Å². The molecule has 2 aromatic rings. The first kappa shape index (κ1) is 13.2. The minimum atomic E-state index is -0.311. The molecule has 0 saturated heterocycles. The second-order valence-electron chi connectivity index (χ2n) is 5.70. The van der Waals surface area contributed by atoms with E-state index in [1.54, 1.807) is 12.1 Å². The zero-order valence-electron chi connectivity index (χ0n) is 11.5. The van der Waals surface area contributed by atoms with Gasteiger partial charge in [-0.3, -0.25) is 0 Å². The fraction of sp³-hybridized carbons (Fsp3) is 0.467. The summed E-state index contributed by atoms with van der Waals surface area (Å²) in [6, 6.07) is 6.22. The van der Waals surface area contributed by atoms with Crippen molar-refractivity contribution in [2.45, 2.75) is 44.1 Å². The predicted molar refractivity (Wildman–Crippen MR) is 73.5 cm³/mol. The van der Waals surface area contributed by atoms with Gasteiger partial charge in [0.1, 0.15) is 5.82 Å². The molecule has 0 spiro atoms. The standard InChI is InChI=1S/C15H18FN3O/c1-15(8-3-2-7-12(15)17)14-18-13(19-20-14)10-5-4-6-11(16)9-10/h4-6,9,12H,2-3,7-8,17H2,1H3. The second-order valence-corrected chi connectivity index (χ2v) is 5.70. The van der Waals surface area contributed by atoms with Crippen molar-refractivity contribution in [3.63, 3.8) is 0 Å². The Hall–Kier alpha value is -1.75. The van der Waals surface area contributed by atoms with Crippen molar-refractivity contribution < 1.29 is 8.91 Å². The molecule has 1 aliphatic carbocycles. The second kappa shape index (κ2) is 4.98. The lowest BCUT2D eigenvalue weighted by molar-refractivity contribution is 0.203. The lowest BCUT2D eigenvalue weighted by Crippen LogP contribution is -2.45. The summed E-state index contributed by atoms with van der Waals surface area (Å²) in [6.07, 6.45) is 4.16. The molecule has 1 aliphatic rings. The Kier molecular flexibility index (Phi) is 3.30. The van der Waals surface area contributed by atoms with E-state index >= 15 is 0 Å². The summed E-state index contributed by atoms with van der Waals surface area (Å²) >= 11 is 0. The van der Waals surface area contributed by atoms with Gasteiger partial charge in [0.2, 0.25) is 11.7 Å². The molecule has 2 atom stereocenters. The van der Waals surface area contributed by atoms with Gasteiger partial charge < -0.3 is 10.3 Å². The van der Waals surface area contributed by atoms with Gasteiger partial charge in [-0.05, 0) is 31.9 Å². The Labute approximate surface area is 117 Å². The lowest BCUT2D eigenvalue weighted by atomic mass is 9.72. The van der Waals surface area contributed by atoms with Crippen LogP contribution in [0.3, 0.4) is 0 Å². The Morgan fingerprint density at radius 2 is 2.25 bits per heavy atom. The van der Waals surface area contributed by atoms with Gasteiger partial charge >= 0.3 is 0 Å². The van der Waals surface area contributed by atoms with Gasteiger partial charge in [-0.25, -0.2) is 4.39 Å². The van der Waals surface area contributed by atoms with E-state index in [-0.39, 0.29) is 17.3 Å². The highest BCUT2D eigenvalue weighted by molar-refractivity contribution is 5.54. The van der Waals surface area contributed by atoms with Gasteiger partial charge in [-0.1, -0.05) is 30.1 Å². The number of hydrogen-bond acceptors (Lipinski definition) is 4. The van der Waals surface area contributed by atoms with Crippen molar-refractivity contribution in [3.8, 4) is 11.4 Å². The average Bonchev–Trinajstić information content (AvgIpc) is 2.93. The molecule has 1 aromatic heterocycles. The minimum Gasteiger partial charge on any atom is -0.338 e. The minimum absolute atomic E-state index is 0.0251. The van der Waals surface area contributed by atoms with Crippen LogP contribution in [0.25, 0.3) is 11.4 Å². The monoisotopic (exact) mass is 275 g/mol. The lowest BCUT2D eigenvalue weighted by Gasteiger charge is -2.35. The molecule has 3 rings (SSSR count). The van der Waals surface area contributed by atoms with Crippen LogP contribution >= 0.6 is 0 Å². The fourth-order valence-electron chi connectivity index (χ4n) is 2.83. The van der Waals surface area contributed by atoms with E-state index < -0.39 is 0 Å². The first-order chi connectivity index (χ1) is 9.59. The van der Waals surface area contributed by atoms with Crippen LogP contribution in [0.1, 0.15) is 38.5 Å². The smallest absolute Gasteiger partial charge is 0.234 e. The summed E-state index contributed by atoms with van der Waals surface area (Å²) in [4.78, 5) is 4.44. The summed E-state index contributed by atoms with van der Waals surface area (Å²) in [7, 11) is 0. The molecule has 0 amide bonds. The van der Waals surface area contributed by atoms with E-state index in [9.17, 15) is 4.39 Å². The first-order valence-electron chi connectivity index (χ1n) is 6.95. The first-order valence-corrected chi connectivity index (χ1v) is 6.95. The highest BCUT2D eigenvalue weighted by Gasteiger charge is 2.40. The predicted octanol–water partition coefficient (Wildman–Crippen LogP) is 3.03. The normalized spacial score (nSPS) is 26.6. The van der Waals surface area contributed by atoms with Gasteiger partial charge in [-0.2, -0.15) is 4.98 Å². The maximum Gasteiger partial charge on any atom is 0.234 e.